The largest absolute Gasteiger partial charge is 0.478 e. The first-order valence-electron chi connectivity index (χ1n) is 6.35. The minimum atomic E-state index is -1.24. The third-order valence-corrected chi connectivity index (χ3v) is 3.18. The molecule has 0 spiro atoms. The molecule has 1 rings (SSSR count). The molecular weight excluding hydrogens is 252 g/mol. The van der Waals surface area contributed by atoms with E-state index in [-0.39, 0.29) is 11.1 Å². The Bertz CT molecular complexity index is 385. The first-order chi connectivity index (χ1) is 8.84. The third-order valence-electron chi connectivity index (χ3n) is 3.18. The predicted octanol–water partition coefficient (Wildman–Crippen LogP) is 0.615. The van der Waals surface area contributed by atoms with Crippen molar-refractivity contribution in [2.75, 3.05) is 0 Å². The van der Waals surface area contributed by atoms with Gasteiger partial charge in [0.05, 0.1) is 17.8 Å². The molecule has 0 aromatic rings. The molecule has 0 aromatic heterocycles. The minimum absolute atomic E-state index is 0.0422. The summed E-state index contributed by atoms with van der Waals surface area (Å²) in [7, 11) is 0. The molecule has 0 radical (unpaired) electrons. The monoisotopic (exact) mass is 272 g/mol. The van der Waals surface area contributed by atoms with Gasteiger partial charge < -0.3 is 20.1 Å². The molecule has 0 aliphatic carbocycles. The number of carboxylic acid groups (broad SMARTS) is 1. The van der Waals surface area contributed by atoms with Gasteiger partial charge in [0, 0.05) is 5.57 Å². The second kappa shape index (κ2) is 6.68. The van der Waals surface area contributed by atoms with E-state index in [1.165, 1.54) is 6.92 Å². The number of aliphatic hydroxyl groups is 2. The molecule has 3 atom stereocenters. The lowest BCUT2D eigenvalue weighted by atomic mass is 9.98. The normalized spacial score (nSPS) is 22.3. The van der Waals surface area contributed by atoms with Crippen molar-refractivity contribution in [3.8, 4) is 0 Å². The third kappa shape index (κ3) is 4.04. The Labute approximate surface area is 111 Å². The zero-order chi connectivity index (χ0) is 14.6. The maximum absolute atomic E-state index is 11.3. The van der Waals surface area contributed by atoms with E-state index >= 15 is 0 Å². The number of aliphatic carboxylic acids is 1. The Morgan fingerprint density at radius 3 is 2.42 bits per heavy atom. The van der Waals surface area contributed by atoms with Crippen LogP contribution in [0.2, 0.25) is 0 Å². The summed E-state index contributed by atoms with van der Waals surface area (Å²) in [5.74, 6) is -1.93. The maximum atomic E-state index is 11.3. The Hall–Kier alpha value is -1.40. The first-order valence-corrected chi connectivity index (χ1v) is 6.35. The molecule has 1 aliphatic rings. The van der Waals surface area contributed by atoms with Crippen LogP contribution < -0.4 is 0 Å². The number of esters is 1. The molecule has 108 valence electrons. The zero-order valence-electron chi connectivity index (χ0n) is 11.1. The summed E-state index contributed by atoms with van der Waals surface area (Å²) in [6.07, 6.45) is -0.199. The van der Waals surface area contributed by atoms with Crippen LogP contribution in [-0.4, -0.2) is 45.6 Å². The summed E-state index contributed by atoms with van der Waals surface area (Å²) in [4.78, 5) is 22.4. The summed E-state index contributed by atoms with van der Waals surface area (Å²) < 4.78 is 4.89. The molecule has 6 nitrogen and oxygen atoms in total. The first kappa shape index (κ1) is 15.7. The average molecular weight is 272 g/mol. The van der Waals surface area contributed by atoms with Gasteiger partial charge in [-0.3, -0.25) is 0 Å². The predicted molar refractivity (Wildman–Crippen MR) is 66.4 cm³/mol. The van der Waals surface area contributed by atoms with E-state index in [0.717, 1.165) is 6.42 Å². The molecule has 6 heteroatoms. The van der Waals surface area contributed by atoms with Gasteiger partial charge in [0.25, 0.3) is 0 Å². The van der Waals surface area contributed by atoms with Crippen LogP contribution in [0.25, 0.3) is 0 Å². The van der Waals surface area contributed by atoms with Crippen LogP contribution in [0, 0.1) is 0 Å². The van der Waals surface area contributed by atoms with E-state index in [4.69, 9.17) is 14.9 Å². The van der Waals surface area contributed by atoms with E-state index in [2.05, 4.69) is 0 Å². The summed E-state index contributed by atoms with van der Waals surface area (Å²) >= 11 is 0. The summed E-state index contributed by atoms with van der Waals surface area (Å²) in [5, 5.41) is 28.1. The van der Waals surface area contributed by atoms with Crippen LogP contribution in [0.4, 0.5) is 0 Å². The number of rotatable bonds is 7. The van der Waals surface area contributed by atoms with Crippen molar-refractivity contribution in [1.29, 1.82) is 0 Å². The SMILES string of the molecule is CC1=C(C(=O)O)[C@H]([C@@H](O)CCCCC(C)O)OC1=O. The number of cyclic esters (lactones) is 1. The summed E-state index contributed by atoms with van der Waals surface area (Å²) in [6.45, 7) is 3.07. The van der Waals surface area contributed by atoms with Gasteiger partial charge in [-0.1, -0.05) is 12.8 Å². The summed E-state index contributed by atoms with van der Waals surface area (Å²) in [6, 6.07) is 0. The van der Waals surface area contributed by atoms with E-state index in [1.807, 2.05) is 0 Å². The van der Waals surface area contributed by atoms with Crippen LogP contribution in [0.5, 0.6) is 0 Å². The number of hydrogen-bond donors (Lipinski definition) is 3. The van der Waals surface area contributed by atoms with Gasteiger partial charge in [0.2, 0.25) is 0 Å². The lowest BCUT2D eigenvalue weighted by Gasteiger charge is -2.18. The molecule has 0 fully saturated rings. The molecule has 0 bridgehead atoms. The van der Waals surface area contributed by atoms with Crippen molar-refractivity contribution in [2.45, 2.75) is 57.8 Å². The molecule has 0 aromatic carbocycles. The number of aliphatic hydroxyl groups excluding tert-OH is 2. The minimum Gasteiger partial charge on any atom is -0.478 e. The van der Waals surface area contributed by atoms with Gasteiger partial charge >= 0.3 is 11.9 Å². The molecule has 1 aliphatic heterocycles. The smallest absolute Gasteiger partial charge is 0.335 e. The number of ether oxygens (including phenoxy) is 1. The highest BCUT2D eigenvalue weighted by molar-refractivity contribution is 6.03. The van der Waals surface area contributed by atoms with Crippen LogP contribution in [0.1, 0.15) is 39.5 Å². The lowest BCUT2D eigenvalue weighted by molar-refractivity contribution is -0.145. The van der Waals surface area contributed by atoms with Crippen molar-refractivity contribution in [2.24, 2.45) is 0 Å². The van der Waals surface area contributed by atoms with E-state index in [9.17, 15) is 14.7 Å². The number of carbonyl (C=O) groups excluding carboxylic acids is 1. The number of hydrogen-bond acceptors (Lipinski definition) is 5. The zero-order valence-corrected chi connectivity index (χ0v) is 11.1. The van der Waals surface area contributed by atoms with Gasteiger partial charge in [-0.2, -0.15) is 0 Å². The van der Waals surface area contributed by atoms with Crippen molar-refractivity contribution in [3.63, 3.8) is 0 Å². The molecule has 0 saturated carbocycles. The van der Waals surface area contributed by atoms with Crippen LogP contribution >= 0.6 is 0 Å². The van der Waals surface area contributed by atoms with Gasteiger partial charge in [-0.05, 0) is 26.7 Å². The van der Waals surface area contributed by atoms with E-state index in [0.29, 0.717) is 19.3 Å². The Kier molecular flexibility index (Phi) is 5.50. The average Bonchev–Trinajstić information content (AvgIpc) is 2.61. The molecular formula is C13H20O6. The maximum Gasteiger partial charge on any atom is 0.335 e. The van der Waals surface area contributed by atoms with Crippen LogP contribution in [0.3, 0.4) is 0 Å². The van der Waals surface area contributed by atoms with E-state index in [1.54, 1.807) is 6.92 Å². The Morgan fingerprint density at radius 1 is 1.32 bits per heavy atom. The van der Waals surface area contributed by atoms with Crippen molar-refractivity contribution in [3.05, 3.63) is 11.1 Å². The van der Waals surface area contributed by atoms with Crippen LogP contribution in [0.15, 0.2) is 11.1 Å². The highest BCUT2D eigenvalue weighted by Gasteiger charge is 2.39. The number of unbranched alkanes of at least 4 members (excludes halogenated alkanes) is 1. The second-order valence-corrected chi connectivity index (χ2v) is 4.87. The fraction of sp³-hybridized carbons (Fsp3) is 0.692. The molecule has 3 N–H and O–H groups in total. The quantitative estimate of drug-likeness (QED) is 0.463. The number of carbonyl (C=O) groups is 2. The fourth-order valence-electron chi connectivity index (χ4n) is 2.08. The standard InChI is InChI=1S/C13H20O6/c1-7(14)5-3-4-6-9(15)11-10(12(16)17)8(2)13(18)19-11/h7,9,11,14-15H,3-6H2,1-2H3,(H,16,17)/t7?,9-,11-/m0/s1. The van der Waals surface area contributed by atoms with Crippen molar-refractivity contribution < 1.29 is 29.6 Å². The van der Waals surface area contributed by atoms with Crippen molar-refractivity contribution >= 4 is 11.9 Å². The molecule has 0 amide bonds. The summed E-state index contributed by atoms with van der Waals surface area (Å²) in [5.41, 5.74) is -0.117. The lowest BCUT2D eigenvalue weighted by Crippen LogP contribution is -2.31. The van der Waals surface area contributed by atoms with Crippen molar-refractivity contribution in [1.82, 2.24) is 0 Å². The second-order valence-electron chi connectivity index (χ2n) is 4.87. The highest BCUT2D eigenvalue weighted by atomic mass is 16.6. The number of carboxylic acids is 1. The van der Waals surface area contributed by atoms with E-state index < -0.39 is 30.3 Å². The highest BCUT2D eigenvalue weighted by Crippen LogP contribution is 2.27. The molecule has 1 unspecified atom stereocenters. The van der Waals surface area contributed by atoms with Crippen LogP contribution in [-0.2, 0) is 14.3 Å². The molecule has 1 heterocycles. The van der Waals surface area contributed by atoms with Gasteiger partial charge in [-0.25, -0.2) is 9.59 Å². The Balaban J connectivity index is 2.55. The van der Waals surface area contributed by atoms with Gasteiger partial charge in [0.1, 0.15) is 0 Å². The topological polar surface area (TPSA) is 104 Å². The Morgan fingerprint density at radius 2 is 1.89 bits per heavy atom. The fourth-order valence-corrected chi connectivity index (χ4v) is 2.08. The van der Waals surface area contributed by atoms with Gasteiger partial charge in [-0.15, -0.1) is 0 Å². The van der Waals surface area contributed by atoms with Gasteiger partial charge in [0.15, 0.2) is 6.10 Å². The molecule has 0 saturated heterocycles. The molecule has 19 heavy (non-hydrogen) atoms.